The van der Waals surface area contributed by atoms with Gasteiger partial charge in [-0.2, -0.15) is 0 Å². The maximum atomic E-state index is 12.5. The summed E-state index contributed by atoms with van der Waals surface area (Å²) in [7, 11) is 2.04. The first kappa shape index (κ1) is 17.1. The van der Waals surface area contributed by atoms with Crippen LogP contribution in [0.4, 0.5) is 0 Å². The van der Waals surface area contributed by atoms with Gasteiger partial charge in [-0.3, -0.25) is 4.79 Å². The van der Waals surface area contributed by atoms with E-state index in [1.54, 1.807) is 4.57 Å². The summed E-state index contributed by atoms with van der Waals surface area (Å²) in [6, 6.07) is 0. The lowest BCUT2D eigenvalue weighted by Gasteiger charge is -2.32. The Bertz CT molecular complexity index is 768. The van der Waals surface area contributed by atoms with Gasteiger partial charge < -0.3 is 14.4 Å². The smallest absolute Gasteiger partial charge is 0.242 e. The van der Waals surface area contributed by atoms with E-state index in [1.807, 2.05) is 11.9 Å². The topological polar surface area (TPSA) is 41.4 Å². The van der Waals surface area contributed by atoms with Crippen LogP contribution in [0, 0.1) is 0 Å². The number of carbonyl (C=O) groups is 1. The van der Waals surface area contributed by atoms with Gasteiger partial charge in [0.15, 0.2) is 0 Å². The molecule has 0 atom stereocenters. The number of nitrogens with zero attached hydrogens (tertiary/aromatic N) is 4. The Morgan fingerprint density at radius 1 is 1.04 bits per heavy atom. The molecular weight excluding hydrogens is 382 g/mol. The van der Waals surface area contributed by atoms with Crippen molar-refractivity contribution in [3.05, 3.63) is 26.4 Å². The highest BCUT2D eigenvalue weighted by molar-refractivity contribution is 6.55. The summed E-state index contributed by atoms with van der Waals surface area (Å²) in [6.45, 7) is 3.29. The maximum absolute atomic E-state index is 12.5. The van der Waals surface area contributed by atoms with Crippen molar-refractivity contribution in [1.82, 2.24) is 19.4 Å². The summed E-state index contributed by atoms with van der Waals surface area (Å²) in [6.07, 6.45) is 1.53. The Hall–Kier alpha value is -0.720. The molecule has 0 bridgehead atoms. The van der Waals surface area contributed by atoms with Gasteiger partial charge in [-0.15, -0.1) is 0 Å². The van der Waals surface area contributed by atoms with Crippen molar-refractivity contribution < 1.29 is 4.79 Å². The Labute approximate surface area is 153 Å². The number of piperazine rings is 1. The van der Waals surface area contributed by atoms with E-state index in [0.717, 1.165) is 13.1 Å². The van der Waals surface area contributed by atoms with Gasteiger partial charge in [-0.05, 0) is 7.05 Å². The van der Waals surface area contributed by atoms with Crippen LogP contribution in [0.3, 0.4) is 0 Å². The molecule has 2 heterocycles. The van der Waals surface area contributed by atoms with E-state index >= 15 is 0 Å². The second kappa shape index (κ2) is 6.65. The molecule has 5 nitrogen and oxygen atoms in total. The number of amides is 1. The quantitative estimate of drug-likeness (QED) is 0.577. The first-order valence-electron chi connectivity index (χ1n) is 7.03. The zero-order chi connectivity index (χ0) is 16.7. The largest absolute Gasteiger partial charge is 0.339 e. The van der Waals surface area contributed by atoms with Crippen molar-refractivity contribution in [2.24, 2.45) is 0 Å². The molecule has 0 spiro atoms. The predicted octanol–water partition coefficient (Wildman–Crippen LogP) is 3.42. The first-order chi connectivity index (χ1) is 10.9. The highest BCUT2D eigenvalue weighted by Crippen LogP contribution is 2.42. The van der Waals surface area contributed by atoms with Gasteiger partial charge >= 0.3 is 0 Å². The van der Waals surface area contributed by atoms with Crippen molar-refractivity contribution >= 4 is 63.3 Å². The summed E-state index contributed by atoms with van der Waals surface area (Å²) in [4.78, 5) is 20.7. The highest BCUT2D eigenvalue weighted by atomic mass is 35.5. The molecule has 23 heavy (non-hydrogen) atoms. The van der Waals surface area contributed by atoms with Crippen molar-refractivity contribution in [1.29, 1.82) is 0 Å². The minimum absolute atomic E-state index is 0.00987. The molecule has 0 aliphatic carbocycles. The van der Waals surface area contributed by atoms with Crippen LogP contribution in [0.2, 0.25) is 20.1 Å². The van der Waals surface area contributed by atoms with E-state index in [9.17, 15) is 4.79 Å². The van der Waals surface area contributed by atoms with E-state index in [0.29, 0.717) is 24.1 Å². The van der Waals surface area contributed by atoms with Crippen molar-refractivity contribution in [2.45, 2.75) is 6.54 Å². The molecular formula is C14H14Cl4N4O. The van der Waals surface area contributed by atoms with Crippen molar-refractivity contribution in [3.63, 3.8) is 0 Å². The molecule has 0 unspecified atom stereocenters. The molecule has 1 amide bonds. The molecule has 0 N–H and O–H groups in total. The number of halogens is 4. The zero-order valence-electron chi connectivity index (χ0n) is 12.3. The van der Waals surface area contributed by atoms with Crippen LogP contribution in [-0.4, -0.2) is 58.5 Å². The lowest BCUT2D eigenvalue weighted by atomic mass is 10.3. The molecule has 2 aromatic rings. The summed E-state index contributed by atoms with van der Waals surface area (Å²) in [5, 5.41) is 0.822. The number of likely N-dealkylation sites (N-methyl/N-ethyl adjacent to an activating group) is 1. The fraction of sp³-hybridized carbons (Fsp3) is 0.429. The normalized spacial score (nSPS) is 16.3. The van der Waals surface area contributed by atoms with Gasteiger partial charge in [-0.25, -0.2) is 4.98 Å². The Morgan fingerprint density at radius 3 is 2.30 bits per heavy atom. The average Bonchev–Trinajstić information content (AvgIpc) is 2.95. The number of aromatic nitrogens is 2. The average molecular weight is 396 g/mol. The van der Waals surface area contributed by atoms with Gasteiger partial charge in [0.2, 0.25) is 5.91 Å². The van der Waals surface area contributed by atoms with Crippen LogP contribution in [-0.2, 0) is 11.3 Å². The number of benzene rings is 1. The van der Waals surface area contributed by atoms with Gasteiger partial charge in [0.05, 0.1) is 31.9 Å². The third kappa shape index (κ3) is 3.13. The van der Waals surface area contributed by atoms with E-state index in [-0.39, 0.29) is 32.5 Å². The third-order valence-electron chi connectivity index (χ3n) is 3.99. The monoisotopic (exact) mass is 394 g/mol. The van der Waals surface area contributed by atoms with E-state index in [1.165, 1.54) is 6.33 Å². The number of hydrogen-bond donors (Lipinski definition) is 0. The van der Waals surface area contributed by atoms with Gasteiger partial charge in [-0.1, -0.05) is 46.4 Å². The van der Waals surface area contributed by atoms with Crippen LogP contribution in [0.5, 0.6) is 0 Å². The number of hydrogen-bond acceptors (Lipinski definition) is 3. The molecule has 9 heteroatoms. The minimum Gasteiger partial charge on any atom is -0.339 e. The molecule has 3 rings (SSSR count). The molecule has 1 aromatic carbocycles. The van der Waals surface area contributed by atoms with Crippen molar-refractivity contribution in [3.8, 4) is 0 Å². The van der Waals surface area contributed by atoms with Gasteiger partial charge in [0, 0.05) is 26.2 Å². The summed E-state index contributed by atoms with van der Waals surface area (Å²) in [5.41, 5.74) is 0.964. The number of fused-ring (bicyclic) bond motifs is 1. The number of imidazole rings is 1. The second-order valence-corrected chi connectivity index (χ2v) is 7.02. The van der Waals surface area contributed by atoms with Crippen LogP contribution >= 0.6 is 46.4 Å². The Kier molecular flexibility index (Phi) is 4.95. The summed E-state index contributed by atoms with van der Waals surface area (Å²) in [5.74, 6) is 0.00987. The van der Waals surface area contributed by atoms with Crippen LogP contribution in [0.15, 0.2) is 6.33 Å². The predicted molar refractivity (Wildman–Crippen MR) is 93.9 cm³/mol. The minimum atomic E-state index is 0.00987. The fourth-order valence-corrected chi connectivity index (χ4v) is 3.59. The zero-order valence-corrected chi connectivity index (χ0v) is 15.3. The van der Waals surface area contributed by atoms with Gasteiger partial charge in [0.25, 0.3) is 0 Å². The Balaban J connectivity index is 1.91. The standard InChI is InChI=1S/C14H14Cl4N4O/c1-20-2-4-21(5-3-20)8(23)6-22-7-19-13-11(17)9(15)10(16)12(18)14(13)22/h7H,2-6H2,1H3. The molecule has 0 saturated carbocycles. The third-order valence-corrected chi connectivity index (χ3v) is 5.78. The van der Waals surface area contributed by atoms with E-state index in [4.69, 9.17) is 46.4 Å². The number of rotatable bonds is 2. The molecule has 1 fully saturated rings. The summed E-state index contributed by atoms with van der Waals surface area (Å²) < 4.78 is 1.66. The molecule has 124 valence electrons. The van der Waals surface area contributed by atoms with Crippen LogP contribution in [0.25, 0.3) is 11.0 Å². The Morgan fingerprint density at radius 2 is 1.65 bits per heavy atom. The van der Waals surface area contributed by atoms with Crippen molar-refractivity contribution in [2.75, 3.05) is 33.2 Å². The first-order valence-corrected chi connectivity index (χ1v) is 8.54. The van der Waals surface area contributed by atoms with E-state index < -0.39 is 0 Å². The van der Waals surface area contributed by atoms with Gasteiger partial charge in [0.1, 0.15) is 12.1 Å². The molecule has 1 saturated heterocycles. The van der Waals surface area contributed by atoms with Crippen LogP contribution in [0.1, 0.15) is 0 Å². The number of carbonyl (C=O) groups excluding carboxylic acids is 1. The molecule has 1 aromatic heterocycles. The van der Waals surface area contributed by atoms with Crippen LogP contribution < -0.4 is 0 Å². The highest BCUT2D eigenvalue weighted by Gasteiger charge is 2.23. The summed E-state index contributed by atoms with van der Waals surface area (Å²) >= 11 is 24.6. The molecule has 1 aliphatic heterocycles. The molecule has 1 aliphatic rings. The molecule has 0 radical (unpaired) electrons. The maximum Gasteiger partial charge on any atom is 0.242 e. The lowest BCUT2D eigenvalue weighted by molar-refractivity contribution is -0.133. The SMILES string of the molecule is CN1CCN(C(=O)Cn2cnc3c(Cl)c(Cl)c(Cl)c(Cl)c32)CC1. The van der Waals surface area contributed by atoms with E-state index in [2.05, 4.69) is 9.88 Å². The fourth-order valence-electron chi connectivity index (χ4n) is 2.60. The second-order valence-electron chi connectivity index (χ2n) is 5.51. The lowest BCUT2D eigenvalue weighted by Crippen LogP contribution is -2.48.